The molecule has 50 heavy (non-hydrogen) atoms. The minimum atomic E-state index is -1.27. The smallest absolute Gasteiger partial charge is 0.462 e. The lowest BCUT2D eigenvalue weighted by Crippen LogP contribution is -2.35. The molecule has 0 aromatic rings. The molecule has 1 saturated heterocycles. The molecule has 2 amide bonds. The van der Waals surface area contributed by atoms with Gasteiger partial charge in [0.2, 0.25) is 0 Å². The fraction of sp³-hybridized carbons (Fsp3) is 0.875. The maximum atomic E-state index is 12.6. The zero-order valence-corrected chi connectivity index (χ0v) is 31.8. The standard InChI is InChI=1S/C40H71NO9/c1-3-5-7-9-11-13-15-17-18-20-21-23-25-27-29-38(44)47-33-35(34-48-40(46)50-41-36(42)31-32-37(41)43)49-39(45)30-28-26-24-22-19-16-14-12-10-8-6-4-2/h35H,3-34H2,1-2H3/t35-/m0/s1. The van der Waals surface area contributed by atoms with E-state index < -0.39 is 42.6 Å². The zero-order valence-electron chi connectivity index (χ0n) is 31.8. The Morgan fingerprint density at radius 2 is 0.840 bits per heavy atom. The van der Waals surface area contributed by atoms with Gasteiger partial charge in [-0.05, 0) is 12.8 Å². The van der Waals surface area contributed by atoms with Gasteiger partial charge in [0, 0.05) is 25.7 Å². The summed E-state index contributed by atoms with van der Waals surface area (Å²) in [5.41, 5.74) is 0. The summed E-state index contributed by atoms with van der Waals surface area (Å²) in [5, 5.41) is 0.382. The first-order chi connectivity index (χ1) is 24.4. The molecule has 1 heterocycles. The van der Waals surface area contributed by atoms with Crippen LogP contribution in [0.2, 0.25) is 0 Å². The lowest BCUT2D eigenvalue weighted by Gasteiger charge is -2.19. The van der Waals surface area contributed by atoms with Gasteiger partial charge in [-0.25, -0.2) is 4.79 Å². The molecule has 0 radical (unpaired) electrons. The number of amides is 2. The van der Waals surface area contributed by atoms with E-state index in [0.717, 1.165) is 38.5 Å². The van der Waals surface area contributed by atoms with Gasteiger partial charge in [0.1, 0.15) is 13.2 Å². The first-order valence-corrected chi connectivity index (χ1v) is 20.4. The van der Waals surface area contributed by atoms with Crippen molar-refractivity contribution >= 4 is 29.9 Å². The number of hydrogen-bond donors (Lipinski definition) is 0. The molecule has 1 rings (SSSR count). The number of hydrogen-bond acceptors (Lipinski definition) is 9. The number of rotatable bonds is 34. The molecule has 0 N–H and O–H groups in total. The zero-order chi connectivity index (χ0) is 36.5. The van der Waals surface area contributed by atoms with E-state index in [1.54, 1.807) is 0 Å². The van der Waals surface area contributed by atoms with Crippen LogP contribution in [0.25, 0.3) is 0 Å². The molecule has 0 aromatic carbocycles. The van der Waals surface area contributed by atoms with Gasteiger partial charge in [0.15, 0.2) is 6.10 Å². The van der Waals surface area contributed by atoms with Crippen molar-refractivity contribution in [3.63, 3.8) is 0 Å². The average molecular weight is 710 g/mol. The first-order valence-electron chi connectivity index (χ1n) is 20.4. The molecule has 290 valence electrons. The van der Waals surface area contributed by atoms with Crippen molar-refractivity contribution in [1.29, 1.82) is 0 Å². The minimum absolute atomic E-state index is 0.0409. The van der Waals surface area contributed by atoms with Gasteiger partial charge >= 0.3 is 18.1 Å². The normalized spacial score (nSPS) is 13.4. The predicted molar refractivity (Wildman–Crippen MR) is 195 cm³/mol. The van der Waals surface area contributed by atoms with E-state index >= 15 is 0 Å². The largest absolute Gasteiger partial charge is 0.534 e. The SMILES string of the molecule is CCCCCCCCCCCCCCCCC(=O)OC[C@@H](COC(=O)ON1C(=O)CCC1=O)OC(=O)CCCCCCCCCCCCCC. The first kappa shape index (κ1) is 45.4. The van der Waals surface area contributed by atoms with Gasteiger partial charge < -0.3 is 14.2 Å². The van der Waals surface area contributed by atoms with Crippen LogP contribution in [-0.4, -0.2) is 54.3 Å². The molecular weight excluding hydrogens is 638 g/mol. The number of esters is 2. The van der Waals surface area contributed by atoms with Gasteiger partial charge in [0.05, 0.1) is 0 Å². The van der Waals surface area contributed by atoms with E-state index in [4.69, 9.17) is 19.0 Å². The lowest BCUT2D eigenvalue weighted by molar-refractivity contribution is -0.179. The number of carbonyl (C=O) groups excluding carboxylic acids is 5. The fourth-order valence-corrected chi connectivity index (χ4v) is 6.11. The summed E-state index contributed by atoms with van der Waals surface area (Å²) in [4.78, 5) is 65.3. The summed E-state index contributed by atoms with van der Waals surface area (Å²) in [6, 6.07) is 0. The third-order valence-electron chi connectivity index (χ3n) is 9.26. The van der Waals surface area contributed by atoms with Crippen molar-refractivity contribution in [2.24, 2.45) is 0 Å². The van der Waals surface area contributed by atoms with E-state index in [2.05, 4.69) is 13.8 Å². The number of ether oxygens (including phenoxy) is 3. The second kappa shape index (κ2) is 32.3. The highest BCUT2D eigenvalue weighted by Gasteiger charge is 2.33. The second-order valence-electron chi connectivity index (χ2n) is 14.0. The maximum absolute atomic E-state index is 12.6. The van der Waals surface area contributed by atoms with Crippen LogP contribution >= 0.6 is 0 Å². The van der Waals surface area contributed by atoms with Crippen molar-refractivity contribution in [2.75, 3.05) is 13.2 Å². The molecule has 1 atom stereocenters. The molecule has 0 unspecified atom stereocenters. The summed E-state index contributed by atoms with van der Waals surface area (Å²) >= 11 is 0. The Labute approximate surface area is 303 Å². The summed E-state index contributed by atoms with van der Waals surface area (Å²) in [7, 11) is 0. The summed E-state index contributed by atoms with van der Waals surface area (Å²) < 4.78 is 15.9. The topological polar surface area (TPSA) is 126 Å². The van der Waals surface area contributed by atoms with Crippen LogP contribution in [0.1, 0.15) is 206 Å². The minimum Gasteiger partial charge on any atom is -0.462 e. The number of imide groups is 1. The predicted octanol–water partition coefficient (Wildman–Crippen LogP) is 10.6. The highest BCUT2D eigenvalue weighted by Crippen LogP contribution is 2.16. The Morgan fingerprint density at radius 1 is 0.500 bits per heavy atom. The van der Waals surface area contributed by atoms with E-state index in [0.29, 0.717) is 11.5 Å². The third-order valence-corrected chi connectivity index (χ3v) is 9.26. The molecule has 10 heteroatoms. The Morgan fingerprint density at radius 3 is 1.24 bits per heavy atom. The van der Waals surface area contributed by atoms with E-state index in [-0.39, 0.29) is 32.3 Å². The van der Waals surface area contributed by atoms with Crippen LogP contribution in [0, 0.1) is 0 Å². The summed E-state index contributed by atoms with van der Waals surface area (Å²) in [5.74, 6) is -2.13. The third kappa shape index (κ3) is 26.2. The van der Waals surface area contributed by atoms with Gasteiger partial charge in [-0.15, -0.1) is 0 Å². The van der Waals surface area contributed by atoms with E-state index in [9.17, 15) is 24.0 Å². The van der Waals surface area contributed by atoms with Crippen LogP contribution in [0.4, 0.5) is 4.79 Å². The van der Waals surface area contributed by atoms with Crippen molar-refractivity contribution in [2.45, 2.75) is 213 Å². The number of unbranched alkanes of at least 4 members (excludes halogenated alkanes) is 24. The number of nitrogens with zero attached hydrogens (tertiary/aromatic N) is 1. The van der Waals surface area contributed by atoms with Gasteiger partial charge in [-0.2, -0.15) is 0 Å². The Kier molecular flexibility index (Phi) is 29.3. The number of hydroxylamine groups is 2. The molecule has 1 aliphatic rings. The highest BCUT2D eigenvalue weighted by atomic mass is 16.8. The highest BCUT2D eigenvalue weighted by molar-refractivity contribution is 6.01. The second-order valence-corrected chi connectivity index (χ2v) is 14.0. The quantitative estimate of drug-likeness (QED) is 0.0278. The number of carbonyl (C=O) groups is 5. The van der Waals surface area contributed by atoms with Gasteiger partial charge in [-0.1, -0.05) is 173 Å². The molecule has 1 fully saturated rings. The monoisotopic (exact) mass is 710 g/mol. The Balaban J connectivity index is 2.27. The van der Waals surface area contributed by atoms with Crippen molar-refractivity contribution in [3.8, 4) is 0 Å². The Hall–Kier alpha value is -2.65. The van der Waals surface area contributed by atoms with Crippen LogP contribution < -0.4 is 0 Å². The average Bonchev–Trinajstić information content (AvgIpc) is 3.42. The summed E-state index contributed by atoms with van der Waals surface area (Å²) in [6.07, 6.45) is 29.4. The molecule has 1 aliphatic heterocycles. The lowest BCUT2D eigenvalue weighted by atomic mass is 10.0. The maximum Gasteiger partial charge on any atom is 0.534 e. The van der Waals surface area contributed by atoms with Crippen LogP contribution in [0.15, 0.2) is 0 Å². The molecule has 10 nitrogen and oxygen atoms in total. The summed E-state index contributed by atoms with van der Waals surface area (Å²) in [6.45, 7) is 3.77. The van der Waals surface area contributed by atoms with Crippen LogP contribution in [0.5, 0.6) is 0 Å². The molecule has 0 bridgehead atoms. The van der Waals surface area contributed by atoms with Crippen molar-refractivity contribution < 1.29 is 43.0 Å². The molecule has 0 saturated carbocycles. The molecule has 0 aromatic heterocycles. The molecular formula is C40H71NO9. The van der Waals surface area contributed by atoms with Crippen molar-refractivity contribution in [1.82, 2.24) is 5.06 Å². The van der Waals surface area contributed by atoms with Crippen LogP contribution in [0.3, 0.4) is 0 Å². The molecule has 0 aliphatic carbocycles. The van der Waals surface area contributed by atoms with Gasteiger partial charge in [0.25, 0.3) is 11.8 Å². The van der Waals surface area contributed by atoms with Crippen molar-refractivity contribution in [3.05, 3.63) is 0 Å². The Bertz CT molecular complexity index is 893. The van der Waals surface area contributed by atoms with Gasteiger partial charge in [-0.3, -0.25) is 24.0 Å². The fourth-order valence-electron chi connectivity index (χ4n) is 6.11. The molecule has 0 spiro atoms. The van der Waals surface area contributed by atoms with E-state index in [1.807, 2.05) is 0 Å². The van der Waals surface area contributed by atoms with Crippen LogP contribution in [-0.2, 0) is 38.2 Å². The van der Waals surface area contributed by atoms with E-state index in [1.165, 1.54) is 122 Å².